The summed E-state index contributed by atoms with van der Waals surface area (Å²) in [5.41, 5.74) is -5.00. The molecule has 0 unspecified atom stereocenters. The summed E-state index contributed by atoms with van der Waals surface area (Å²) >= 11 is 0. The highest BCUT2D eigenvalue weighted by atomic mass is 16.6. The standard InChI is InChI=1S/C18H30N2O8/c1-15(2,3)27-13(25)19-17(11(21)22)7-9-18(10-8-17,12(23)24)20-14(26)28-16(4,5)6/h7-10H2,1-6H3,(H,19,25)(H,20,26)(H,21,22)(H,23,24). The van der Waals surface area contributed by atoms with Crippen LogP contribution in [0.25, 0.3) is 0 Å². The molecule has 0 saturated heterocycles. The zero-order valence-corrected chi connectivity index (χ0v) is 17.2. The molecule has 1 fully saturated rings. The van der Waals surface area contributed by atoms with E-state index in [2.05, 4.69) is 10.6 Å². The molecule has 10 nitrogen and oxygen atoms in total. The van der Waals surface area contributed by atoms with Crippen LogP contribution in [0.3, 0.4) is 0 Å². The predicted octanol–water partition coefficient (Wildman–Crippen LogP) is 2.26. The lowest BCUT2D eigenvalue weighted by molar-refractivity contribution is -0.153. The number of amides is 2. The third-order valence-corrected chi connectivity index (χ3v) is 4.26. The Morgan fingerprint density at radius 2 is 0.929 bits per heavy atom. The zero-order valence-electron chi connectivity index (χ0n) is 17.2. The second-order valence-electron chi connectivity index (χ2n) is 9.03. The molecule has 4 N–H and O–H groups in total. The molecule has 0 aromatic carbocycles. The first-order valence-corrected chi connectivity index (χ1v) is 8.99. The van der Waals surface area contributed by atoms with Crippen molar-refractivity contribution < 1.29 is 38.9 Å². The summed E-state index contributed by atoms with van der Waals surface area (Å²) in [5, 5.41) is 24.0. The first-order valence-electron chi connectivity index (χ1n) is 8.99. The summed E-state index contributed by atoms with van der Waals surface area (Å²) in [7, 11) is 0. The van der Waals surface area contributed by atoms with Crippen LogP contribution in [0.5, 0.6) is 0 Å². The molecule has 0 radical (unpaired) electrons. The molecule has 1 aliphatic carbocycles. The Bertz CT molecular complexity index is 581. The van der Waals surface area contributed by atoms with Gasteiger partial charge in [0.2, 0.25) is 0 Å². The number of rotatable bonds is 4. The molecule has 1 aliphatic rings. The van der Waals surface area contributed by atoms with Crippen molar-refractivity contribution in [2.45, 2.75) is 89.5 Å². The van der Waals surface area contributed by atoms with E-state index in [4.69, 9.17) is 9.47 Å². The average Bonchev–Trinajstić information content (AvgIpc) is 2.45. The van der Waals surface area contributed by atoms with E-state index in [9.17, 15) is 29.4 Å². The molecule has 0 atom stereocenters. The van der Waals surface area contributed by atoms with Gasteiger partial charge in [-0.25, -0.2) is 19.2 Å². The van der Waals surface area contributed by atoms with Crippen LogP contribution in [0.4, 0.5) is 9.59 Å². The van der Waals surface area contributed by atoms with Gasteiger partial charge in [0.25, 0.3) is 0 Å². The van der Waals surface area contributed by atoms with Gasteiger partial charge in [-0.1, -0.05) is 0 Å². The highest BCUT2D eigenvalue weighted by molar-refractivity contribution is 5.88. The van der Waals surface area contributed by atoms with Gasteiger partial charge >= 0.3 is 24.1 Å². The lowest BCUT2D eigenvalue weighted by atomic mass is 9.72. The van der Waals surface area contributed by atoms with Crippen LogP contribution in [0.1, 0.15) is 67.2 Å². The minimum absolute atomic E-state index is 0.205. The lowest BCUT2D eigenvalue weighted by Gasteiger charge is -2.42. The number of ether oxygens (including phenoxy) is 2. The van der Waals surface area contributed by atoms with Crippen LogP contribution < -0.4 is 10.6 Å². The van der Waals surface area contributed by atoms with Crippen molar-refractivity contribution in [3.63, 3.8) is 0 Å². The van der Waals surface area contributed by atoms with Crippen molar-refractivity contribution in [2.24, 2.45) is 0 Å². The van der Waals surface area contributed by atoms with Crippen molar-refractivity contribution in [1.29, 1.82) is 0 Å². The molecule has 1 saturated carbocycles. The van der Waals surface area contributed by atoms with Crippen molar-refractivity contribution in [2.75, 3.05) is 0 Å². The molecule has 0 spiro atoms. The number of hydrogen-bond acceptors (Lipinski definition) is 6. The Kier molecular flexibility index (Phi) is 6.59. The first-order chi connectivity index (χ1) is 12.5. The molecule has 160 valence electrons. The van der Waals surface area contributed by atoms with Gasteiger partial charge in [-0.15, -0.1) is 0 Å². The van der Waals surface area contributed by atoms with E-state index >= 15 is 0 Å². The third-order valence-electron chi connectivity index (χ3n) is 4.26. The fourth-order valence-corrected chi connectivity index (χ4v) is 2.89. The molecule has 1 rings (SSSR count). The number of aliphatic carboxylic acids is 2. The topological polar surface area (TPSA) is 151 Å². The van der Waals surface area contributed by atoms with Crippen LogP contribution in [0, 0.1) is 0 Å². The molecular weight excluding hydrogens is 372 g/mol. The number of carboxylic acids is 2. The van der Waals surface area contributed by atoms with Crippen molar-refractivity contribution in [3.05, 3.63) is 0 Å². The predicted molar refractivity (Wildman–Crippen MR) is 97.9 cm³/mol. The van der Waals surface area contributed by atoms with E-state index in [1.165, 1.54) is 0 Å². The van der Waals surface area contributed by atoms with Gasteiger partial charge in [-0.3, -0.25) is 0 Å². The Balaban J connectivity index is 2.95. The maximum Gasteiger partial charge on any atom is 0.408 e. The second-order valence-corrected chi connectivity index (χ2v) is 9.03. The minimum Gasteiger partial charge on any atom is -0.480 e. The Labute approximate surface area is 163 Å². The van der Waals surface area contributed by atoms with E-state index in [0.29, 0.717) is 0 Å². The number of carbonyl (C=O) groups is 4. The Hall–Kier alpha value is -2.52. The quantitative estimate of drug-likeness (QED) is 0.559. The van der Waals surface area contributed by atoms with Crippen molar-refractivity contribution in [1.82, 2.24) is 10.6 Å². The van der Waals surface area contributed by atoms with E-state index in [1.54, 1.807) is 41.5 Å². The summed E-state index contributed by atoms with van der Waals surface area (Å²) in [4.78, 5) is 47.8. The van der Waals surface area contributed by atoms with Gasteiger partial charge in [0, 0.05) is 0 Å². The van der Waals surface area contributed by atoms with E-state index < -0.39 is 46.4 Å². The number of alkyl carbamates (subject to hydrolysis) is 2. The van der Waals surface area contributed by atoms with Crippen LogP contribution in [-0.4, -0.2) is 56.6 Å². The average molecular weight is 402 g/mol. The maximum absolute atomic E-state index is 12.1. The number of carboxylic acid groups (broad SMARTS) is 2. The monoisotopic (exact) mass is 402 g/mol. The number of carbonyl (C=O) groups excluding carboxylic acids is 2. The summed E-state index contributed by atoms with van der Waals surface area (Å²) < 4.78 is 10.2. The molecule has 2 amide bonds. The molecule has 0 heterocycles. The zero-order chi connectivity index (χ0) is 22.0. The Morgan fingerprint density at radius 1 is 0.679 bits per heavy atom. The third kappa shape index (κ3) is 6.28. The molecule has 0 bridgehead atoms. The van der Waals surface area contributed by atoms with Gasteiger partial charge in [-0.05, 0) is 67.2 Å². The summed E-state index contributed by atoms with van der Waals surface area (Å²) in [6.45, 7) is 9.84. The van der Waals surface area contributed by atoms with Crippen LogP contribution in [-0.2, 0) is 19.1 Å². The van der Waals surface area contributed by atoms with Crippen molar-refractivity contribution in [3.8, 4) is 0 Å². The highest BCUT2D eigenvalue weighted by Gasteiger charge is 2.53. The summed E-state index contributed by atoms with van der Waals surface area (Å²) in [6, 6.07) is 0. The van der Waals surface area contributed by atoms with Gasteiger partial charge in [-0.2, -0.15) is 0 Å². The molecule has 0 aromatic rings. The SMILES string of the molecule is CC(C)(C)OC(=O)NC1(C(=O)O)CCC(NC(=O)OC(C)(C)C)(C(=O)O)CC1. The smallest absolute Gasteiger partial charge is 0.408 e. The van der Waals surface area contributed by atoms with E-state index in [0.717, 1.165) is 0 Å². The molecular formula is C18H30N2O8. The van der Waals surface area contributed by atoms with E-state index in [-0.39, 0.29) is 25.7 Å². The minimum atomic E-state index is -1.68. The molecule has 10 heteroatoms. The van der Waals surface area contributed by atoms with Crippen LogP contribution in [0.15, 0.2) is 0 Å². The van der Waals surface area contributed by atoms with Crippen molar-refractivity contribution >= 4 is 24.1 Å². The summed E-state index contributed by atoms with van der Waals surface area (Å²) in [5.74, 6) is -2.59. The van der Waals surface area contributed by atoms with Gasteiger partial charge in [0.1, 0.15) is 22.3 Å². The fourth-order valence-electron chi connectivity index (χ4n) is 2.89. The normalized spacial score (nSPS) is 25.4. The summed E-state index contributed by atoms with van der Waals surface area (Å²) in [6.07, 6.45) is -2.63. The molecule has 0 aliphatic heterocycles. The largest absolute Gasteiger partial charge is 0.480 e. The highest BCUT2D eigenvalue weighted by Crippen LogP contribution is 2.36. The second kappa shape index (κ2) is 7.84. The van der Waals surface area contributed by atoms with E-state index in [1.807, 2.05) is 0 Å². The number of nitrogens with one attached hydrogen (secondary N) is 2. The first kappa shape index (κ1) is 23.5. The van der Waals surface area contributed by atoms with Crippen LogP contribution in [0.2, 0.25) is 0 Å². The van der Waals surface area contributed by atoms with Gasteiger partial charge in [0.15, 0.2) is 0 Å². The number of hydrogen-bond donors (Lipinski definition) is 4. The van der Waals surface area contributed by atoms with Crippen LogP contribution >= 0.6 is 0 Å². The maximum atomic E-state index is 12.1. The van der Waals surface area contributed by atoms with Gasteiger partial charge < -0.3 is 30.3 Å². The lowest BCUT2D eigenvalue weighted by Crippen LogP contribution is -2.64. The molecule has 0 aromatic heterocycles. The Morgan fingerprint density at radius 3 is 1.11 bits per heavy atom. The van der Waals surface area contributed by atoms with Gasteiger partial charge in [0.05, 0.1) is 0 Å². The molecule has 28 heavy (non-hydrogen) atoms. The fraction of sp³-hybridized carbons (Fsp3) is 0.778.